The Bertz CT molecular complexity index is 556. The van der Waals surface area contributed by atoms with Gasteiger partial charge in [0.1, 0.15) is 0 Å². The number of hydrogen-bond donors (Lipinski definition) is 1. The number of halogens is 1. The lowest BCUT2D eigenvalue weighted by Crippen LogP contribution is -2.25. The molecule has 2 nitrogen and oxygen atoms in total. The lowest BCUT2D eigenvalue weighted by molar-refractivity contribution is 0.328. The van der Waals surface area contributed by atoms with E-state index < -0.39 is 0 Å². The minimum atomic E-state index is 0.549. The number of nitrogens with one attached hydrogen (secondary N) is 1. The topological polar surface area (TPSA) is 15.3 Å². The molecule has 2 aromatic carbocycles. The van der Waals surface area contributed by atoms with Crippen molar-refractivity contribution < 1.29 is 0 Å². The van der Waals surface area contributed by atoms with Crippen molar-refractivity contribution in [1.82, 2.24) is 4.90 Å². The summed E-state index contributed by atoms with van der Waals surface area (Å²) in [5, 5.41) is 3.63. The van der Waals surface area contributed by atoms with Crippen LogP contribution < -0.4 is 5.32 Å². The monoisotopic (exact) mass is 330 g/mol. The summed E-state index contributed by atoms with van der Waals surface area (Å²) >= 11 is 3.52. The van der Waals surface area contributed by atoms with Gasteiger partial charge in [0.2, 0.25) is 0 Å². The highest BCUT2D eigenvalue weighted by molar-refractivity contribution is 9.10. The van der Waals surface area contributed by atoms with Crippen molar-refractivity contribution in [2.24, 2.45) is 0 Å². The van der Waals surface area contributed by atoms with E-state index >= 15 is 0 Å². The average Bonchev–Trinajstić information content (AvgIpc) is 2.87. The van der Waals surface area contributed by atoms with Gasteiger partial charge in [0.15, 0.2) is 0 Å². The standard InChI is InChI=1S/C17H19BrN2/c18-15-7-4-8-16(11-15)19-17-9-10-20(13-17)12-14-5-2-1-3-6-14/h1-8,11,17,19H,9-10,12-13H2. The van der Waals surface area contributed by atoms with Crippen molar-refractivity contribution >= 4 is 21.6 Å². The van der Waals surface area contributed by atoms with Crippen LogP contribution in [0.5, 0.6) is 0 Å². The molecule has 1 fully saturated rings. The van der Waals surface area contributed by atoms with Gasteiger partial charge >= 0.3 is 0 Å². The molecule has 1 unspecified atom stereocenters. The second kappa shape index (κ2) is 6.42. The van der Waals surface area contributed by atoms with Crippen molar-refractivity contribution in [3.63, 3.8) is 0 Å². The van der Waals surface area contributed by atoms with E-state index in [1.807, 2.05) is 0 Å². The highest BCUT2D eigenvalue weighted by atomic mass is 79.9. The zero-order chi connectivity index (χ0) is 13.8. The van der Waals surface area contributed by atoms with Gasteiger partial charge in [-0.3, -0.25) is 4.90 Å². The molecule has 0 bridgehead atoms. The third kappa shape index (κ3) is 3.62. The molecule has 1 aliphatic rings. The Labute approximate surface area is 128 Å². The number of anilines is 1. The van der Waals surface area contributed by atoms with Gasteiger partial charge in [-0.15, -0.1) is 0 Å². The summed E-state index contributed by atoms with van der Waals surface area (Å²) in [6.07, 6.45) is 1.21. The molecular formula is C17H19BrN2. The van der Waals surface area contributed by atoms with Gasteiger partial charge in [-0.2, -0.15) is 0 Å². The molecule has 20 heavy (non-hydrogen) atoms. The van der Waals surface area contributed by atoms with E-state index in [4.69, 9.17) is 0 Å². The van der Waals surface area contributed by atoms with Crippen LogP contribution in [0.2, 0.25) is 0 Å². The molecule has 0 aromatic heterocycles. The SMILES string of the molecule is Brc1cccc(NC2CCN(Cc3ccccc3)C2)c1. The fraction of sp³-hybridized carbons (Fsp3) is 0.294. The van der Waals surface area contributed by atoms with E-state index in [0.29, 0.717) is 6.04 Å². The Kier molecular flexibility index (Phi) is 4.38. The predicted molar refractivity (Wildman–Crippen MR) is 87.9 cm³/mol. The largest absolute Gasteiger partial charge is 0.381 e. The molecule has 1 N–H and O–H groups in total. The van der Waals surface area contributed by atoms with Crippen LogP contribution in [0.25, 0.3) is 0 Å². The summed E-state index contributed by atoms with van der Waals surface area (Å²) in [6, 6.07) is 19.7. The normalized spacial score (nSPS) is 19.1. The van der Waals surface area contributed by atoms with Gasteiger partial charge in [-0.05, 0) is 30.2 Å². The Morgan fingerprint density at radius 1 is 1.10 bits per heavy atom. The Morgan fingerprint density at radius 3 is 2.75 bits per heavy atom. The van der Waals surface area contributed by atoms with E-state index in [2.05, 4.69) is 80.7 Å². The number of benzene rings is 2. The highest BCUT2D eigenvalue weighted by Gasteiger charge is 2.22. The molecule has 1 atom stereocenters. The quantitative estimate of drug-likeness (QED) is 0.906. The Balaban J connectivity index is 1.54. The molecular weight excluding hydrogens is 312 g/mol. The molecule has 3 heteroatoms. The van der Waals surface area contributed by atoms with Gasteiger partial charge in [-0.25, -0.2) is 0 Å². The summed E-state index contributed by atoms with van der Waals surface area (Å²) in [7, 11) is 0. The average molecular weight is 331 g/mol. The van der Waals surface area contributed by atoms with Gasteiger partial charge in [0, 0.05) is 35.8 Å². The third-order valence-corrected chi connectivity index (χ3v) is 4.21. The summed E-state index contributed by atoms with van der Waals surface area (Å²) in [5.74, 6) is 0. The number of hydrogen-bond acceptors (Lipinski definition) is 2. The summed E-state index contributed by atoms with van der Waals surface area (Å²) in [5.41, 5.74) is 2.60. The Hall–Kier alpha value is -1.32. The maximum Gasteiger partial charge on any atom is 0.0400 e. The highest BCUT2D eigenvalue weighted by Crippen LogP contribution is 2.20. The van der Waals surface area contributed by atoms with E-state index in [1.165, 1.54) is 24.2 Å². The van der Waals surface area contributed by atoms with Crippen LogP contribution >= 0.6 is 15.9 Å². The summed E-state index contributed by atoms with van der Waals surface area (Å²) in [4.78, 5) is 2.52. The van der Waals surface area contributed by atoms with Gasteiger partial charge in [0.25, 0.3) is 0 Å². The van der Waals surface area contributed by atoms with E-state index in [1.54, 1.807) is 0 Å². The van der Waals surface area contributed by atoms with Crippen molar-refractivity contribution in [1.29, 1.82) is 0 Å². The van der Waals surface area contributed by atoms with Crippen LogP contribution in [0, 0.1) is 0 Å². The number of likely N-dealkylation sites (tertiary alicyclic amines) is 1. The van der Waals surface area contributed by atoms with Crippen LogP contribution in [0.15, 0.2) is 59.1 Å². The van der Waals surface area contributed by atoms with Crippen molar-refractivity contribution in [3.05, 3.63) is 64.6 Å². The van der Waals surface area contributed by atoms with Crippen LogP contribution in [-0.4, -0.2) is 24.0 Å². The summed E-state index contributed by atoms with van der Waals surface area (Å²) in [6.45, 7) is 3.33. The van der Waals surface area contributed by atoms with Crippen LogP contribution in [0.4, 0.5) is 5.69 Å². The maximum absolute atomic E-state index is 3.63. The lowest BCUT2D eigenvalue weighted by atomic mass is 10.2. The first kappa shape index (κ1) is 13.7. The van der Waals surface area contributed by atoms with Crippen molar-refractivity contribution in [3.8, 4) is 0 Å². The minimum absolute atomic E-state index is 0.549. The zero-order valence-corrected chi connectivity index (χ0v) is 13.0. The molecule has 1 aliphatic heterocycles. The fourth-order valence-electron chi connectivity index (χ4n) is 2.75. The van der Waals surface area contributed by atoms with E-state index in [0.717, 1.165) is 17.6 Å². The van der Waals surface area contributed by atoms with Crippen LogP contribution in [-0.2, 0) is 6.54 Å². The zero-order valence-electron chi connectivity index (χ0n) is 11.4. The molecule has 0 radical (unpaired) electrons. The molecule has 2 aromatic rings. The van der Waals surface area contributed by atoms with Gasteiger partial charge < -0.3 is 5.32 Å². The molecule has 3 rings (SSSR count). The fourth-order valence-corrected chi connectivity index (χ4v) is 3.15. The first-order chi connectivity index (χ1) is 9.79. The predicted octanol–water partition coefficient (Wildman–Crippen LogP) is 4.14. The first-order valence-corrected chi connectivity index (χ1v) is 7.87. The maximum atomic E-state index is 3.63. The smallest absolute Gasteiger partial charge is 0.0400 e. The second-order valence-electron chi connectivity index (χ2n) is 5.36. The van der Waals surface area contributed by atoms with Crippen molar-refractivity contribution in [2.45, 2.75) is 19.0 Å². The lowest BCUT2D eigenvalue weighted by Gasteiger charge is -2.17. The third-order valence-electron chi connectivity index (χ3n) is 3.72. The molecule has 1 saturated heterocycles. The van der Waals surface area contributed by atoms with Gasteiger partial charge in [0.05, 0.1) is 0 Å². The van der Waals surface area contributed by atoms with Gasteiger partial charge in [-0.1, -0.05) is 52.3 Å². The van der Waals surface area contributed by atoms with Crippen LogP contribution in [0.3, 0.4) is 0 Å². The van der Waals surface area contributed by atoms with E-state index in [-0.39, 0.29) is 0 Å². The molecule has 0 saturated carbocycles. The number of nitrogens with zero attached hydrogens (tertiary/aromatic N) is 1. The molecule has 0 spiro atoms. The number of rotatable bonds is 4. The molecule has 1 heterocycles. The summed E-state index contributed by atoms with van der Waals surface area (Å²) < 4.78 is 1.13. The molecule has 0 amide bonds. The first-order valence-electron chi connectivity index (χ1n) is 7.08. The van der Waals surface area contributed by atoms with E-state index in [9.17, 15) is 0 Å². The van der Waals surface area contributed by atoms with Crippen LogP contribution in [0.1, 0.15) is 12.0 Å². The molecule has 104 valence electrons. The minimum Gasteiger partial charge on any atom is -0.381 e. The Morgan fingerprint density at radius 2 is 1.95 bits per heavy atom. The van der Waals surface area contributed by atoms with Crippen molar-refractivity contribution in [2.75, 3.05) is 18.4 Å². The second-order valence-corrected chi connectivity index (χ2v) is 6.28. The molecule has 0 aliphatic carbocycles.